The summed E-state index contributed by atoms with van der Waals surface area (Å²) in [7, 11) is 0. The van der Waals surface area contributed by atoms with E-state index in [1.165, 1.54) is 11.1 Å². The minimum Gasteiger partial charge on any atom is -0.386 e. The SMILES string of the molecule is C=C(CC)C1=CNC1. The van der Waals surface area contributed by atoms with Crippen LogP contribution in [0.5, 0.6) is 0 Å². The highest BCUT2D eigenvalue weighted by molar-refractivity contribution is 5.33. The highest BCUT2D eigenvalue weighted by Gasteiger charge is 2.05. The molecule has 1 rings (SSSR count). The van der Waals surface area contributed by atoms with Gasteiger partial charge in [0.15, 0.2) is 0 Å². The van der Waals surface area contributed by atoms with Gasteiger partial charge < -0.3 is 5.32 Å². The standard InChI is InChI=1S/C7H11N/c1-3-6(2)7-4-8-5-7/h4,8H,2-3,5H2,1H3. The molecule has 0 atom stereocenters. The second-order valence-electron chi connectivity index (χ2n) is 2.01. The summed E-state index contributed by atoms with van der Waals surface area (Å²) in [6, 6.07) is 0. The summed E-state index contributed by atoms with van der Waals surface area (Å²) in [6.07, 6.45) is 3.10. The molecule has 0 amide bonds. The normalized spacial score (nSPS) is 15.9. The Morgan fingerprint density at radius 3 is 2.75 bits per heavy atom. The number of rotatable bonds is 2. The topological polar surface area (TPSA) is 12.0 Å². The highest BCUT2D eigenvalue weighted by Crippen LogP contribution is 2.13. The van der Waals surface area contributed by atoms with Gasteiger partial charge in [0.1, 0.15) is 0 Å². The summed E-state index contributed by atoms with van der Waals surface area (Å²) < 4.78 is 0. The van der Waals surface area contributed by atoms with Crippen LogP contribution in [0.4, 0.5) is 0 Å². The number of hydrogen-bond donors (Lipinski definition) is 1. The van der Waals surface area contributed by atoms with Crippen molar-refractivity contribution in [1.82, 2.24) is 5.32 Å². The largest absolute Gasteiger partial charge is 0.386 e. The van der Waals surface area contributed by atoms with Crippen LogP contribution >= 0.6 is 0 Å². The smallest absolute Gasteiger partial charge is 0.0412 e. The lowest BCUT2D eigenvalue weighted by molar-refractivity contribution is 0.828. The zero-order valence-electron chi connectivity index (χ0n) is 5.20. The average Bonchev–Trinajstić information content (AvgIpc) is 1.62. The van der Waals surface area contributed by atoms with E-state index in [1.54, 1.807) is 0 Å². The first-order chi connectivity index (χ1) is 3.84. The molecule has 8 heavy (non-hydrogen) atoms. The van der Waals surface area contributed by atoms with Gasteiger partial charge in [-0.2, -0.15) is 0 Å². The predicted molar refractivity (Wildman–Crippen MR) is 35.5 cm³/mol. The van der Waals surface area contributed by atoms with Gasteiger partial charge in [-0.15, -0.1) is 0 Å². The molecule has 1 N–H and O–H groups in total. The molecule has 0 unspecified atom stereocenters. The van der Waals surface area contributed by atoms with Crippen LogP contribution in [0.25, 0.3) is 0 Å². The first-order valence-corrected chi connectivity index (χ1v) is 2.95. The maximum atomic E-state index is 3.89. The zero-order chi connectivity index (χ0) is 5.98. The molecule has 1 aliphatic heterocycles. The molecular weight excluding hydrogens is 98.1 g/mol. The van der Waals surface area contributed by atoms with E-state index in [0.717, 1.165) is 13.0 Å². The maximum absolute atomic E-state index is 3.89. The van der Waals surface area contributed by atoms with Crippen molar-refractivity contribution in [3.63, 3.8) is 0 Å². The fourth-order valence-electron chi connectivity index (χ4n) is 0.658. The van der Waals surface area contributed by atoms with E-state index in [9.17, 15) is 0 Å². The molecule has 0 spiro atoms. The monoisotopic (exact) mass is 109 g/mol. The fourth-order valence-corrected chi connectivity index (χ4v) is 0.658. The minimum atomic E-state index is 1.02. The van der Waals surface area contributed by atoms with Crippen molar-refractivity contribution in [1.29, 1.82) is 0 Å². The Balaban J connectivity index is 2.47. The van der Waals surface area contributed by atoms with Crippen molar-refractivity contribution in [2.45, 2.75) is 13.3 Å². The molecule has 1 heteroatoms. The van der Waals surface area contributed by atoms with Crippen molar-refractivity contribution in [2.24, 2.45) is 0 Å². The van der Waals surface area contributed by atoms with E-state index < -0.39 is 0 Å². The summed E-state index contributed by atoms with van der Waals surface area (Å²) in [6.45, 7) is 7.03. The Bertz CT molecular complexity index is 133. The molecule has 0 saturated carbocycles. The van der Waals surface area contributed by atoms with Crippen molar-refractivity contribution in [3.8, 4) is 0 Å². The Morgan fingerprint density at radius 1 is 2.00 bits per heavy atom. The summed E-state index contributed by atoms with van der Waals surface area (Å²) in [5.74, 6) is 0. The number of nitrogens with one attached hydrogen (secondary N) is 1. The minimum absolute atomic E-state index is 1.02. The third kappa shape index (κ3) is 0.760. The van der Waals surface area contributed by atoms with Gasteiger partial charge in [-0.05, 0) is 17.6 Å². The molecule has 44 valence electrons. The van der Waals surface area contributed by atoms with Gasteiger partial charge in [0, 0.05) is 12.7 Å². The van der Waals surface area contributed by atoms with Crippen LogP contribution in [0.3, 0.4) is 0 Å². The van der Waals surface area contributed by atoms with Crippen molar-refractivity contribution < 1.29 is 0 Å². The molecule has 0 aromatic rings. The molecule has 1 nitrogen and oxygen atoms in total. The van der Waals surface area contributed by atoms with Crippen LogP contribution in [0.1, 0.15) is 13.3 Å². The highest BCUT2D eigenvalue weighted by atomic mass is 14.9. The number of hydrogen-bond acceptors (Lipinski definition) is 1. The summed E-state index contributed by atoms with van der Waals surface area (Å²) in [4.78, 5) is 0. The van der Waals surface area contributed by atoms with Crippen LogP contribution in [-0.2, 0) is 0 Å². The van der Waals surface area contributed by atoms with Crippen LogP contribution < -0.4 is 5.32 Å². The lowest BCUT2D eigenvalue weighted by atomic mass is 10.0. The second kappa shape index (κ2) is 2.03. The molecule has 0 aromatic heterocycles. The van der Waals surface area contributed by atoms with E-state index >= 15 is 0 Å². The molecule has 0 saturated heterocycles. The summed E-state index contributed by atoms with van der Waals surface area (Å²) in [5.41, 5.74) is 2.65. The molecule has 1 aliphatic rings. The Kier molecular flexibility index (Phi) is 1.38. The second-order valence-corrected chi connectivity index (χ2v) is 2.01. The van der Waals surface area contributed by atoms with Gasteiger partial charge >= 0.3 is 0 Å². The fraction of sp³-hybridized carbons (Fsp3) is 0.429. The maximum Gasteiger partial charge on any atom is 0.0412 e. The van der Waals surface area contributed by atoms with Crippen molar-refractivity contribution in [3.05, 3.63) is 23.9 Å². The lowest BCUT2D eigenvalue weighted by Crippen LogP contribution is -2.22. The molecule has 0 aliphatic carbocycles. The van der Waals surface area contributed by atoms with E-state index in [2.05, 4.69) is 18.8 Å². The predicted octanol–water partition coefficient (Wildman–Crippen LogP) is 1.44. The van der Waals surface area contributed by atoms with Crippen LogP contribution in [0.15, 0.2) is 23.9 Å². The van der Waals surface area contributed by atoms with Crippen molar-refractivity contribution in [2.75, 3.05) is 6.54 Å². The van der Waals surface area contributed by atoms with E-state index in [0.29, 0.717) is 0 Å². The van der Waals surface area contributed by atoms with Gasteiger partial charge in [0.05, 0.1) is 0 Å². The van der Waals surface area contributed by atoms with Crippen LogP contribution in [0.2, 0.25) is 0 Å². The third-order valence-electron chi connectivity index (χ3n) is 1.45. The Morgan fingerprint density at radius 2 is 2.62 bits per heavy atom. The third-order valence-corrected chi connectivity index (χ3v) is 1.45. The van der Waals surface area contributed by atoms with Crippen LogP contribution in [0, 0.1) is 0 Å². The van der Waals surface area contributed by atoms with E-state index in [4.69, 9.17) is 0 Å². The molecule has 0 radical (unpaired) electrons. The van der Waals surface area contributed by atoms with Gasteiger partial charge in [-0.25, -0.2) is 0 Å². The summed E-state index contributed by atoms with van der Waals surface area (Å²) >= 11 is 0. The average molecular weight is 109 g/mol. The van der Waals surface area contributed by atoms with E-state index in [1.807, 2.05) is 6.20 Å². The first kappa shape index (κ1) is 5.42. The van der Waals surface area contributed by atoms with E-state index in [-0.39, 0.29) is 0 Å². The van der Waals surface area contributed by atoms with Crippen LogP contribution in [-0.4, -0.2) is 6.54 Å². The lowest BCUT2D eigenvalue weighted by Gasteiger charge is -2.17. The summed E-state index contributed by atoms with van der Waals surface area (Å²) in [5, 5.41) is 3.05. The van der Waals surface area contributed by atoms with Gasteiger partial charge in [0.25, 0.3) is 0 Å². The molecule has 1 heterocycles. The first-order valence-electron chi connectivity index (χ1n) is 2.95. The van der Waals surface area contributed by atoms with Gasteiger partial charge in [-0.1, -0.05) is 13.5 Å². The zero-order valence-corrected chi connectivity index (χ0v) is 5.20. The molecule has 0 aromatic carbocycles. The van der Waals surface area contributed by atoms with Gasteiger partial charge in [-0.3, -0.25) is 0 Å². The Labute approximate surface area is 50.1 Å². The van der Waals surface area contributed by atoms with Crippen molar-refractivity contribution >= 4 is 0 Å². The molecule has 0 fully saturated rings. The van der Waals surface area contributed by atoms with Gasteiger partial charge in [0.2, 0.25) is 0 Å². The Hall–Kier alpha value is -0.720. The molecular formula is C7H11N. The quantitative estimate of drug-likeness (QED) is 0.565. The molecule has 0 bridgehead atoms.